The van der Waals surface area contributed by atoms with Crippen LogP contribution in [0.15, 0.2) is 0 Å². The van der Waals surface area contributed by atoms with Crippen LogP contribution in [0, 0.1) is 0 Å². The van der Waals surface area contributed by atoms with Crippen molar-refractivity contribution in [3.63, 3.8) is 0 Å². The number of carbonyl (C=O) groups is 1. The first-order chi connectivity index (χ1) is 9.27. The monoisotopic (exact) mass is 317 g/mol. The minimum atomic E-state index is -3.31. The Morgan fingerprint density at radius 3 is 2.10 bits per heavy atom. The standard InChI is InChI=1S/C13H23N3O4S/c1-12(2,3)10-9(11(17)18)14-15-16(10)7-8-21(19,20)13(4,5)6/h7-8H2,1-6H3,(H,17,18). The maximum Gasteiger partial charge on any atom is 0.358 e. The normalized spacial score (nSPS) is 13.4. The van der Waals surface area contributed by atoms with Crippen LogP contribution in [0.1, 0.15) is 57.7 Å². The zero-order valence-electron chi connectivity index (χ0n) is 13.3. The molecule has 0 fully saturated rings. The predicted octanol–water partition coefficient (Wildman–Crippen LogP) is 1.49. The molecule has 21 heavy (non-hydrogen) atoms. The number of hydrogen-bond donors (Lipinski definition) is 1. The summed E-state index contributed by atoms with van der Waals surface area (Å²) in [6.45, 7) is 10.5. The van der Waals surface area contributed by atoms with Crippen LogP contribution in [0.2, 0.25) is 0 Å². The van der Waals surface area contributed by atoms with Crippen LogP contribution in [0.5, 0.6) is 0 Å². The predicted molar refractivity (Wildman–Crippen MR) is 79.2 cm³/mol. The van der Waals surface area contributed by atoms with Crippen LogP contribution in [0.25, 0.3) is 0 Å². The van der Waals surface area contributed by atoms with Gasteiger partial charge in [-0.05, 0) is 20.8 Å². The molecule has 0 aromatic carbocycles. The Balaban J connectivity index is 3.15. The van der Waals surface area contributed by atoms with Crippen molar-refractivity contribution >= 4 is 15.8 Å². The third-order valence-corrected chi connectivity index (χ3v) is 5.74. The summed E-state index contributed by atoms with van der Waals surface area (Å²) in [5.41, 5.74) is -0.197. The summed E-state index contributed by atoms with van der Waals surface area (Å²) in [4.78, 5) is 11.2. The minimum Gasteiger partial charge on any atom is -0.476 e. The summed E-state index contributed by atoms with van der Waals surface area (Å²) in [6, 6.07) is 0. The molecular formula is C13H23N3O4S. The molecule has 0 saturated heterocycles. The highest BCUT2D eigenvalue weighted by Crippen LogP contribution is 2.25. The number of aromatic carboxylic acids is 1. The average molecular weight is 317 g/mol. The number of rotatable bonds is 4. The maximum atomic E-state index is 12.1. The molecule has 8 heteroatoms. The fraction of sp³-hybridized carbons (Fsp3) is 0.769. The van der Waals surface area contributed by atoms with Gasteiger partial charge in [-0.15, -0.1) is 5.10 Å². The molecule has 0 aliphatic rings. The van der Waals surface area contributed by atoms with Crippen LogP contribution < -0.4 is 0 Å². The second-order valence-electron chi connectivity index (χ2n) is 7.00. The Labute approximate surface area is 125 Å². The zero-order valence-corrected chi connectivity index (χ0v) is 14.2. The largest absolute Gasteiger partial charge is 0.476 e. The first kappa shape index (κ1) is 17.6. The van der Waals surface area contributed by atoms with E-state index in [1.165, 1.54) is 4.68 Å². The van der Waals surface area contributed by atoms with Crippen LogP contribution in [-0.2, 0) is 21.8 Å². The van der Waals surface area contributed by atoms with Crippen molar-refractivity contribution in [3.8, 4) is 0 Å². The molecular weight excluding hydrogens is 294 g/mol. The number of nitrogens with zero attached hydrogens (tertiary/aromatic N) is 3. The van der Waals surface area contributed by atoms with Gasteiger partial charge in [0.25, 0.3) is 0 Å². The Hall–Kier alpha value is -1.44. The van der Waals surface area contributed by atoms with E-state index in [4.69, 9.17) is 5.11 Å². The van der Waals surface area contributed by atoms with E-state index in [1.807, 2.05) is 20.8 Å². The van der Waals surface area contributed by atoms with Gasteiger partial charge in [0, 0.05) is 5.41 Å². The molecule has 1 heterocycles. The molecule has 1 N–H and O–H groups in total. The number of sulfone groups is 1. The molecule has 1 aromatic heterocycles. The number of carboxylic acid groups (broad SMARTS) is 1. The van der Waals surface area contributed by atoms with E-state index < -0.39 is 26.0 Å². The smallest absolute Gasteiger partial charge is 0.358 e. The van der Waals surface area contributed by atoms with Crippen molar-refractivity contribution in [1.29, 1.82) is 0 Å². The van der Waals surface area contributed by atoms with Gasteiger partial charge in [-0.2, -0.15) is 0 Å². The van der Waals surface area contributed by atoms with Gasteiger partial charge in [0.05, 0.1) is 22.7 Å². The summed E-state index contributed by atoms with van der Waals surface area (Å²) in [6.07, 6.45) is 0. The second kappa shape index (κ2) is 5.40. The molecule has 0 unspecified atom stereocenters. The van der Waals surface area contributed by atoms with Crippen LogP contribution in [-0.4, -0.2) is 45.0 Å². The number of aryl methyl sites for hydroxylation is 1. The van der Waals surface area contributed by atoms with E-state index in [9.17, 15) is 13.2 Å². The first-order valence-corrected chi connectivity index (χ1v) is 8.32. The fourth-order valence-electron chi connectivity index (χ4n) is 1.87. The van der Waals surface area contributed by atoms with Crippen molar-refractivity contribution in [2.24, 2.45) is 0 Å². The molecule has 0 bridgehead atoms. The molecule has 0 amide bonds. The molecule has 1 aromatic rings. The van der Waals surface area contributed by atoms with Gasteiger partial charge in [0.2, 0.25) is 0 Å². The Kier molecular flexibility index (Phi) is 4.53. The summed E-state index contributed by atoms with van der Waals surface area (Å²) in [7, 11) is -3.31. The van der Waals surface area contributed by atoms with Gasteiger partial charge in [0.1, 0.15) is 0 Å². The topological polar surface area (TPSA) is 102 Å². The summed E-state index contributed by atoms with van der Waals surface area (Å²) in [5.74, 6) is -1.27. The number of carboxylic acids is 1. The fourth-order valence-corrected chi connectivity index (χ4v) is 2.89. The van der Waals surface area contributed by atoms with Gasteiger partial charge >= 0.3 is 5.97 Å². The summed E-state index contributed by atoms with van der Waals surface area (Å²) < 4.78 is 24.8. The van der Waals surface area contributed by atoms with Crippen LogP contribution >= 0.6 is 0 Å². The highest BCUT2D eigenvalue weighted by Gasteiger charge is 2.32. The molecule has 120 valence electrons. The average Bonchev–Trinajstić information content (AvgIpc) is 2.68. The second-order valence-corrected chi connectivity index (χ2v) is 9.86. The van der Waals surface area contributed by atoms with Gasteiger partial charge < -0.3 is 5.11 Å². The highest BCUT2D eigenvalue weighted by molar-refractivity contribution is 7.92. The summed E-state index contributed by atoms with van der Waals surface area (Å²) >= 11 is 0. The van der Waals surface area contributed by atoms with E-state index in [1.54, 1.807) is 20.8 Å². The summed E-state index contributed by atoms with van der Waals surface area (Å²) in [5, 5.41) is 16.6. The maximum absolute atomic E-state index is 12.1. The van der Waals surface area contributed by atoms with E-state index in [0.29, 0.717) is 5.69 Å². The van der Waals surface area contributed by atoms with E-state index >= 15 is 0 Å². The van der Waals surface area contributed by atoms with Gasteiger partial charge in [-0.3, -0.25) is 0 Å². The molecule has 7 nitrogen and oxygen atoms in total. The van der Waals surface area contributed by atoms with Gasteiger partial charge in [-0.25, -0.2) is 17.9 Å². The molecule has 0 radical (unpaired) electrons. The molecule has 0 aliphatic heterocycles. The number of aromatic nitrogens is 3. The van der Waals surface area contributed by atoms with Crippen molar-refractivity contribution in [3.05, 3.63) is 11.4 Å². The Morgan fingerprint density at radius 2 is 1.71 bits per heavy atom. The lowest BCUT2D eigenvalue weighted by Crippen LogP contribution is -2.33. The number of hydrogen-bond acceptors (Lipinski definition) is 5. The van der Waals surface area contributed by atoms with Gasteiger partial charge in [-0.1, -0.05) is 26.0 Å². The van der Waals surface area contributed by atoms with E-state index in [2.05, 4.69) is 10.3 Å². The van der Waals surface area contributed by atoms with Crippen LogP contribution in [0.4, 0.5) is 0 Å². The first-order valence-electron chi connectivity index (χ1n) is 6.67. The molecule has 0 atom stereocenters. The van der Waals surface area contributed by atoms with Crippen LogP contribution in [0.3, 0.4) is 0 Å². The van der Waals surface area contributed by atoms with E-state index in [0.717, 1.165) is 0 Å². The lowest BCUT2D eigenvalue weighted by molar-refractivity contribution is 0.0687. The highest BCUT2D eigenvalue weighted by atomic mass is 32.2. The minimum absolute atomic E-state index is 0.0898. The van der Waals surface area contributed by atoms with Crippen molar-refractivity contribution in [2.45, 2.75) is 58.2 Å². The molecule has 0 spiro atoms. The lowest BCUT2D eigenvalue weighted by Gasteiger charge is -2.22. The van der Waals surface area contributed by atoms with E-state index in [-0.39, 0.29) is 18.0 Å². The third kappa shape index (κ3) is 3.81. The van der Waals surface area contributed by atoms with Crippen molar-refractivity contribution in [2.75, 3.05) is 5.75 Å². The van der Waals surface area contributed by atoms with Crippen molar-refractivity contribution < 1.29 is 18.3 Å². The van der Waals surface area contributed by atoms with Crippen molar-refractivity contribution in [1.82, 2.24) is 15.0 Å². The third-order valence-electron chi connectivity index (χ3n) is 3.15. The molecule has 1 rings (SSSR count). The molecule has 0 aliphatic carbocycles. The molecule has 0 saturated carbocycles. The lowest BCUT2D eigenvalue weighted by atomic mass is 9.90. The quantitative estimate of drug-likeness (QED) is 0.902. The zero-order chi connectivity index (χ0) is 16.6. The Bertz CT molecular complexity index is 633. The van der Waals surface area contributed by atoms with Gasteiger partial charge in [0.15, 0.2) is 15.5 Å². The SMILES string of the molecule is CC(C)(C)c1c(C(=O)O)nnn1CCS(=O)(=O)C(C)(C)C. The Morgan fingerprint density at radius 1 is 1.19 bits per heavy atom.